The predicted octanol–water partition coefficient (Wildman–Crippen LogP) is 4.87. The lowest BCUT2D eigenvalue weighted by molar-refractivity contribution is -0.211. The minimum absolute atomic E-state index is 0.0421. The van der Waals surface area contributed by atoms with E-state index in [1.807, 2.05) is 24.3 Å². The summed E-state index contributed by atoms with van der Waals surface area (Å²) in [4.78, 5) is 0. The van der Waals surface area contributed by atoms with Crippen molar-refractivity contribution in [3.8, 4) is 5.75 Å². The molecule has 2 rings (SSSR count). The molecule has 0 atom stereocenters. The van der Waals surface area contributed by atoms with Crippen molar-refractivity contribution in [3.63, 3.8) is 0 Å². The third-order valence-corrected chi connectivity index (χ3v) is 3.72. The van der Waals surface area contributed by atoms with Gasteiger partial charge in [-0.25, -0.2) is 0 Å². The van der Waals surface area contributed by atoms with Gasteiger partial charge in [0.15, 0.2) is 6.29 Å². The monoisotopic (exact) mass is 332 g/mol. The number of halogens is 3. The molecule has 6 heteroatoms. The Bertz CT molecular complexity index is 451. The average Bonchev–Trinajstić information content (AvgIpc) is 2.54. The van der Waals surface area contributed by atoms with Gasteiger partial charge in [0, 0.05) is 17.9 Å². The van der Waals surface area contributed by atoms with Gasteiger partial charge in [0.05, 0.1) is 19.8 Å². The molecule has 1 aromatic carbocycles. The SMILES string of the molecule is CCCCOc1ccc([C@H]2OC[C@H](CCC(F)(F)F)CO2)cc1. The van der Waals surface area contributed by atoms with Crippen LogP contribution in [0.3, 0.4) is 0 Å². The lowest BCUT2D eigenvalue weighted by atomic mass is 10.0. The summed E-state index contributed by atoms with van der Waals surface area (Å²) in [5.41, 5.74) is 0.849. The van der Waals surface area contributed by atoms with Gasteiger partial charge in [-0.1, -0.05) is 25.5 Å². The molecule has 0 radical (unpaired) electrons. The lowest BCUT2D eigenvalue weighted by Crippen LogP contribution is -2.28. The number of rotatable bonds is 7. The summed E-state index contributed by atoms with van der Waals surface area (Å²) in [6.45, 7) is 3.37. The molecule has 0 amide bonds. The third kappa shape index (κ3) is 6.39. The molecule has 1 aliphatic heterocycles. The Labute approximate surface area is 134 Å². The maximum atomic E-state index is 12.2. The van der Waals surface area contributed by atoms with Gasteiger partial charge in [-0.2, -0.15) is 13.2 Å². The van der Waals surface area contributed by atoms with Gasteiger partial charge in [0.2, 0.25) is 0 Å². The zero-order chi connectivity index (χ0) is 16.7. The Kier molecular flexibility index (Phi) is 6.72. The average molecular weight is 332 g/mol. The summed E-state index contributed by atoms with van der Waals surface area (Å²) in [7, 11) is 0. The molecule has 3 nitrogen and oxygen atoms in total. The molecule has 0 saturated carbocycles. The first kappa shape index (κ1) is 18.1. The molecule has 1 aliphatic rings. The molecular weight excluding hydrogens is 309 g/mol. The largest absolute Gasteiger partial charge is 0.494 e. The smallest absolute Gasteiger partial charge is 0.389 e. The second kappa shape index (κ2) is 8.55. The Morgan fingerprint density at radius 1 is 1.13 bits per heavy atom. The van der Waals surface area contributed by atoms with E-state index in [1.54, 1.807) is 0 Å². The predicted molar refractivity (Wildman–Crippen MR) is 80.3 cm³/mol. The normalized spacial score (nSPS) is 22.1. The van der Waals surface area contributed by atoms with E-state index < -0.39 is 18.9 Å². The summed E-state index contributed by atoms with van der Waals surface area (Å²) in [5.74, 6) is 0.589. The summed E-state index contributed by atoms with van der Waals surface area (Å²) in [6.07, 6.45) is -3.29. The van der Waals surface area contributed by atoms with Crippen molar-refractivity contribution in [3.05, 3.63) is 29.8 Å². The van der Waals surface area contributed by atoms with Gasteiger partial charge < -0.3 is 14.2 Å². The fourth-order valence-electron chi connectivity index (χ4n) is 2.33. The maximum Gasteiger partial charge on any atom is 0.389 e. The van der Waals surface area contributed by atoms with Crippen LogP contribution in [0.2, 0.25) is 0 Å². The van der Waals surface area contributed by atoms with Crippen LogP contribution in [-0.2, 0) is 9.47 Å². The van der Waals surface area contributed by atoms with E-state index in [0.717, 1.165) is 24.2 Å². The number of unbranched alkanes of at least 4 members (excludes halogenated alkanes) is 1. The molecular formula is C17H23F3O3. The zero-order valence-corrected chi connectivity index (χ0v) is 13.3. The van der Waals surface area contributed by atoms with Crippen molar-refractivity contribution >= 4 is 0 Å². The molecule has 1 aromatic rings. The Balaban J connectivity index is 1.76. The van der Waals surface area contributed by atoms with Crippen molar-refractivity contribution in [2.45, 2.75) is 45.1 Å². The summed E-state index contributed by atoms with van der Waals surface area (Å²) < 4.78 is 53.3. The van der Waals surface area contributed by atoms with Crippen molar-refractivity contribution in [2.75, 3.05) is 19.8 Å². The van der Waals surface area contributed by atoms with Crippen LogP contribution in [0.4, 0.5) is 13.2 Å². The number of hydrogen-bond acceptors (Lipinski definition) is 3. The first-order valence-electron chi connectivity index (χ1n) is 8.00. The highest BCUT2D eigenvalue weighted by Gasteiger charge is 2.30. The number of hydrogen-bond donors (Lipinski definition) is 0. The number of benzene rings is 1. The Hall–Kier alpha value is -1.27. The first-order chi connectivity index (χ1) is 11.0. The van der Waals surface area contributed by atoms with Gasteiger partial charge in [0.1, 0.15) is 5.75 Å². The molecule has 0 bridgehead atoms. The van der Waals surface area contributed by atoms with E-state index in [2.05, 4.69) is 6.92 Å². The van der Waals surface area contributed by atoms with E-state index in [-0.39, 0.29) is 25.6 Å². The second-order valence-corrected chi connectivity index (χ2v) is 5.79. The highest BCUT2D eigenvalue weighted by atomic mass is 19.4. The molecule has 0 spiro atoms. The fourth-order valence-corrected chi connectivity index (χ4v) is 2.33. The quantitative estimate of drug-likeness (QED) is 0.667. The molecule has 0 N–H and O–H groups in total. The third-order valence-electron chi connectivity index (χ3n) is 3.72. The Morgan fingerprint density at radius 2 is 1.78 bits per heavy atom. The minimum Gasteiger partial charge on any atom is -0.494 e. The van der Waals surface area contributed by atoms with Gasteiger partial charge in [-0.15, -0.1) is 0 Å². The van der Waals surface area contributed by atoms with Gasteiger partial charge in [0.25, 0.3) is 0 Å². The van der Waals surface area contributed by atoms with Crippen molar-refractivity contribution in [1.82, 2.24) is 0 Å². The molecule has 1 fully saturated rings. The van der Waals surface area contributed by atoms with Gasteiger partial charge in [-0.05, 0) is 25.0 Å². The molecule has 130 valence electrons. The minimum atomic E-state index is -4.12. The topological polar surface area (TPSA) is 27.7 Å². The van der Waals surface area contributed by atoms with E-state index in [0.29, 0.717) is 6.61 Å². The summed E-state index contributed by atoms with van der Waals surface area (Å²) >= 11 is 0. The van der Waals surface area contributed by atoms with Crippen LogP contribution in [0.25, 0.3) is 0 Å². The van der Waals surface area contributed by atoms with Crippen LogP contribution in [0, 0.1) is 5.92 Å². The Morgan fingerprint density at radius 3 is 2.35 bits per heavy atom. The molecule has 23 heavy (non-hydrogen) atoms. The van der Waals surface area contributed by atoms with Crippen LogP contribution in [0.1, 0.15) is 44.5 Å². The highest BCUT2D eigenvalue weighted by molar-refractivity contribution is 5.28. The maximum absolute atomic E-state index is 12.2. The van der Waals surface area contributed by atoms with Crippen molar-refractivity contribution in [1.29, 1.82) is 0 Å². The number of ether oxygens (including phenoxy) is 3. The van der Waals surface area contributed by atoms with E-state index >= 15 is 0 Å². The van der Waals surface area contributed by atoms with Crippen LogP contribution < -0.4 is 4.74 Å². The summed E-state index contributed by atoms with van der Waals surface area (Å²) in [5, 5.41) is 0. The molecule has 1 heterocycles. The van der Waals surface area contributed by atoms with Crippen molar-refractivity contribution in [2.24, 2.45) is 5.92 Å². The van der Waals surface area contributed by atoms with Crippen LogP contribution in [0.15, 0.2) is 24.3 Å². The fraction of sp³-hybridized carbons (Fsp3) is 0.647. The lowest BCUT2D eigenvalue weighted by Gasteiger charge is -2.29. The van der Waals surface area contributed by atoms with Crippen LogP contribution in [-0.4, -0.2) is 26.0 Å². The first-order valence-corrected chi connectivity index (χ1v) is 8.00. The molecule has 0 aliphatic carbocycles. The van der Waals surface area contributed by atoms with E-state index in [4.69, 9.17) is 14.2 Å². The van der Waals surface area contributed by atoms with Gasteiger partial charge >= 0.3 is 6.18 Å². The molecule has 0 aromatic heterocycles. The van der Waals surface area contributed by atoms with E-state index in [1.165, 1.54) is 0 Å². The van der Waals surface area contributed by atoms with Crippen molar-refractivity contribution < 1.29 is 27.4 Å². The standard InChI is InChI=1S/C17H23F3O3/c1-2-3-10-21-15-6-4-14(5-7-15)16-22-11-13(12-23-16)8-9-17(18,19)20/h4-7,13,16H,2-3,8-12H2,1H3/t13-,16-. The van der Waals surface area contributed by atoms with E-state index in [9.17, 15) is 13.2 Å². The van der Waals surface area contributed by atoms with Crippen LogP contribution >= 0.6 is 0 Å². The van der Waals surface area contributed by atoms with Gasteiger partial charge in [-0.3, -0.25) is 0 Å². The van der Waals surface area contributed by atoms with Crippen LogP contribution in [0.5, 0.6) is 5.75 Å². The second-order valence-electron chi connectivity index (χ2n) is 5.79. The molecule has 1 saturated heterocycles. The molecule has 0 unspecified atom stereocenters. The zero-order valence-electron chi connectivity index (χ0n) is 13.3. The highest BCUT2D eigenvalue weighted by Crippen LogP contribution is 2.30. The number of alkyl halides is 3. The summed E-state index contributed by atoms with van der Waals surface area (Å²) in [6, 6.07) is 7.44.